The third kappa shape index (κ3) is 2.12. The second-order valence-electron chi connectivity index (χ2n) is 4.45. The summed E-state index contributed by atoms with van der Waals surface area (Å²) in [7, 11) is 0. The van der Waals surface area contributed by atoms with E-state index >= 15 is 0 Å². The molecule has 0 aromatic heterocycles. The summed E-state index contributed by atoms with van der Waals surface area (Å²) in [6, 6.07) is 11.2. The van der Waals surface area contributed by atoms with Crippen molar-refractivity contribution < 1.29 is 14.7 Å². The van der Waals surface area contributed by atoms with Gasteiger partial charge < -0.3 is 5.11 Å². The summed E-state index contributed by atoms with van der Waals surface area (Å²) in [4.78, 5) is 23.0. The summed E-state index contributed by atoms with van der Waals surface area (Å²) >= 11 is 0. The molecule has 1 unspecified atom stereocenters. The van der Waals surface area contributed by atoms with Gasteiger partial charge >= 0.3 is 5.97 Å². The van der Waals surface area contributed by atoms with Gasteiger partial charge in [-0.2, -0.15) is 0 Å². The first-order valence-electron chi connectivity index (χ1n) is 5.77. The van der Waals surface area contributed by atoms with Crippen LogP contribution in [0.15, 0.2) is 36.4 Å². The first kappa shape index (κ1) is 12.3. The Morgan fingerprint density at radius 1 is 1.17 bits per heavy atom. The fraction of sp³-hybridized carbons (Fsp3) is 0.200. The maximum Gasteiger partial charge on any atom is 0.314 e. The van der Waals surface area contributed by atoms with Crippen LogP contribution in [0, 0.1) is 12.8 Å². The molecule has 2 aromatic rings. The molecule has 0 amide bonds. The second kappa shape index (κ2) is 4.61. The van der Waals surface area contributed by atoms with E-state index in [0.29, 0.717) is 5.56 Å². The van der Waals surface area contributed by atoms with Gasteiger partial charge in [-0.05, 0) is 24.6 Å². The summed E-state index contributed by atoms with van der Waals surface area (Å²) in [6.07, 6.45) is 0. The zero-order chi connectivity index (χ0) is 13.3. The highest BCUT2D eigenvalue weighted by atomic mass is 16.4. The van der Waals surface area contributed by atoms with Crippen molar-refractivity contribution in [3.8, 4) is 0 Å². The topological polar surface area (TPSA) is 54.4 Å². The normalized spacial score (nSPS) is 12.3. The van der Waals surface area contributed by atoms with Crippen LogP contribution >= 0.6 is 0 Å². The van der Waals surface area contributed by atoms with Gasteiger partial charge in [-0.1, -0.05) is 42.0 Å². The molecule has 18 heavy (non-hydrogen) atoms. The molecule has 1 atom stereocenters. The molecule has 2 rings (SSSR count). The number of hydrogen-bond acceptors (Lipinski definition) is 2. The first-order chi connectivity index (χ1) is 8.50. The fourth-order valence-electron chi connectivity index (χ4n) is 1.95. The third-order valence-corrected chi connectivity index (χ3v) is 3.07. The van der Waals surface area contributed by atoms with Crippen LogP contribution in [-0.4, -0.2) is 16.9 Å². The standard InChI is InChI=1S/C15H14O3/c1-9-6-7-11-4-3-5-12(13(11)8-9)14(16)10(2)15(17)18/h3-8,10H,1-2H3,(H,17,18). The first-order valence-corrected chi connectivity index (χ1v) is 5.77. The van der Waals surface area contributed by atoms with Crippen molar-refractivity contribution in [1.82, 2.24) is 0 Å². The Bertz CT molecular complexity index is 629. The maximum absolute atomic E-state index is 12.1. The van der Waals surface area contributed by atoms with Gasteiger partial charge in [0.15, 0.2) is 5.78 Å². The number of Topliss-reactive ketones (excluding diaryl/α,β-unsaturated/α-hetero) is 1. The number of carboxylic acid groups (broad SMARTS) is 1. The predicted octanol–water partition coefficient (Wildman–Crippen LogP) is 3.05. The van der Waals surface area contributed by atoms with Crippen LogP contribution in [0.4, 0.5) is 0 Å². The quantitative estimate of drug-likeness (QED) is 0.664. The minimum atomic E-state index is -1.09. The van der Waals surface area contributed by atoms with Gasteiger partial charge in [0.1, 0.15) is 5.92 Å². The van der Waals surface area contributed by atoms with E-state index in [4.69, 9.17) is 5.11 Å². The lowest BCUT2D eigenvalue weighted by atomic mass is 9.94. The van der Waals surface area contributed by atoms with Gasteiger partial charge in [0, 0.05) is 5.56 Å². The van der Waals surface area contributed by atoms with Gasteiger partial charge in [-0.3, -0.25) is 9.59 Å². The van der Waals surface area contributed by atoms with Gasteiger partial charge in [-0.15, -0.1) is 0 Å². The van der Waals surface area contributed by atoms with Crippen LogP contribution in [0.2, 0.25) is 0 Å². The van der Waals surface area contributed by atoms with E-state index in [9.17, 15) is 9.59 Å². The predicted molar refractivity (Wildman–Crippen MR) is 69.8 cm³/mol. The van der Waals surface area contributed by atoms with E-state index in [-0.39, 0.29) is 5.78 Å². The highest BCUT2D eigenvalue weighted by Crippen LogP contribution is 2.22. The zero-order valence-electron chi connectivity index (χ0n) is 10.3. The van der Waals surface area contributed by atoms with Crippen LogP contribution in [0.25, 0.3) is 10.8 Å². The Balaban J connectivity index is 2.60. The van der Waals surface area contributed by atoms with E-state index in [1.807, 2.05) is 31.2 Å². The maximum atomic E-state index is 12.1. The monoisotopic (exact) mass is 242 g/mol. The molecule has 0 saturated heterocycles. The molecule has 0 radical (unpaired) electrons. The number of benzene rings is 2. The number of hydrogen-bond donors (Lipinski definition) is 1. The van der Waals surface area contributed by atoms with E-state index < -0.39 is 11.9 Å². The number of carboxylic acids is 1. The Kier molecular flexibility index (Phi) is 3.15. The lowest BCUT2D eigenvalue weighted by molar-refractivity contribution is -0.139. The number of aryl methyl sites for hydroxylation is 1. The Labute approximate surface area is 105 Å². The highest BCUT2D eigenvalue weighted by molar-refractivity contribution is 6.14. The fourth-order valence-corrected chi connectivity index (χ4v) is 1.95. The van der Waals surface area contributed by atoms with Crippen molar-refractivity contribution in [2.75, 3.05) is 0 Å². The van der Waals surface area contributed by atoms with E-state index in [1.54, 1.807) is 12.1 Å². The van der Waals surface area contributed by atoms with Crippen LogP contribution in [0.1, 0.15) is 22.8 Å². The van der Waals surface area contributed by atoms with Crippen molar-refractivity contribution in [3.05, 3.63) is 47.5 Å². The van der Waals surface area contributed by atoms with Crippen LogP contribution in [-0.2, 0) is 4.79 Å². The van der Waals surface area contributed by atoms with Gasteiger partial charge in [0.25, 0.3) is 0 Å². The van der Waals surface area contributed by atoms with Gasteiger partial charge in [0.05, 0.1) is 0 Å². The summed E-state index contributed by atoms with van der Waals surface area (Å²) in [5, 5.41) is 10.7. The molecular formula is C15H14O3. The minimum Gasteiger partial charge on any atom is -0.481 e. The summed E-state index contributed by atoms with van der Waals surface area (Å²) < 4.78 is 0. The molecule has 1 N–H and O–H groups in total. The molecule has 2 aromatic carbocycles. The van der Waals surface area contributed by atoms with E-state index in [1.165, 1.54) is 6.92 Å². The molecule has 0 aliphatic carbocycles. The minimum absolute atomic E-state index is 0.348. The molecule has 0 spiro atoms. The Morgan fingerprint density at radius 2 is 1.89 bits per heavy atom. The van der Waals surface area contributed by atoms with Crippen molar-refractivity contribution in [1.29, 1.82) is 0 Å². The summed E-state index contributed by atoms with van der Waals surface area (Å²) in [6.45, 7) is 3.36. The largest absolute Gasteiger partial charge is 0.481 e. The average Bonchev–Trinajstić information content (AvgIpc) is 2.36. The molecule has 3 heteroatoms. The third-order valence-electron chi connectivity index (χ3n) is 3.07. The number of rotatable bonds is 3. The molecule has 0 heterocycles. The van der Waals surface area contributed by atoms with E-state index in [2.05, 4.69) is 0 Å². The summed E-state index contributed by atoms with van der Waals surface area (Å²) in [5.41, 5.74) is 1.52. The van der Waals surface area contributed by atoms with Crippen LogP contribution in [0.3, 0.4) is 0 Å². The number of ketones is 1. The van der Waals surface area contributed by atoms with E-state index in [0.717, 1.165) is 16.3 Å². The molecular weight excluding hydrogens is 228 g/mol. The molecule has 0 saturated carbocycles. The highest BCUT2D eigenvalue weighted by Gasteiger charge is 2.23. The zero-order valence-corrected chi connectivity index (χ0v) is 10.3. The molecule has 92 valence electrons. The number of fused-ring (bicyclic) bond motifs is 1. The van der Waals surface area contributed by atoms with Crippen molar-refractivity contribution in [2.45, 2.75) is 13.8 Å². The second-order valence-corrected chi connectivity index (χ2v) is 4.45. The van der Waals surface area contributed by atoms with Crippen molar-refractivity contribution in [2.24, 2.45) is 5.92 Å². The smallest absolute Gasteiger partial charge is 0.314 e. The summed E-state index contributed by atoms with van der Waals surface area (Å²) in [5.74, 6) is -2.46. The van der Waals surface area contributed by atoms with Gasteiger partial charge in [-0.25, -0.2) is 0 Å². The SMILES string of the molecule is Cc1ccc2cccc(C(=O)C(C)C(=O)O)c2c1. The van der Waals surface area contributed by atoms with Crippen molar-refractivity contribution in [3.63, 3.8) is 0 Å². The molecule has 3 nitrogen and oxygen atoms in total. The number of carbonyl (C=O) groups excluding carboxylic acids is 1. The Morgan fingerprint density at radius 3 is 2.56 bits per heavy atom. The molecule has 0 aliphatic heterocycles. The lowest BCUT2D eigenvalue weighted by Gasteiger charge is -2.09. The van der Waals surface area contributed by atoms with Crippen molar-refractivity contribution >= 4 is 22.5 Å². The molecule has 0 aliphatic rings. The lowest BCUT2D eigenvalue weighted by Crippen LogP contribution is -2.20. The number of carbonyl (C=O) groups is 2. The van der Waals surface area contributed by atoms with Gasteiger partial charge in [0.2, 0.25) is 0 Å². The van der Waals surface area contributed by atoms with Crippen LogP contribution in [0.5, 0.6) is 0 Å². The van der Waals surface area contributed by atoms with Crippen LogP contribution < -0.4 is 0 Å². The molecule has 0 bridgehead atoms. The Hall–Kier alpha value is -2.16. The number of aliphatic carboxylic acids is 1. The average molecular weight is 242 g/mol. The molecule has 0 fully saturated rings.